The molecule has 1 aliphatic carbocycles. The number of anilines is 2. The molecule has 0 amide bonds. The second-order valence-electron chi connectivity index (χ2n) is 9.60. The van der Waals surface area contributed by atoms with Crippen molar-refractivity contribution < 1.29 is 4.42 Å². The van der Waals surface area contributed by atoms with Crippen LogP contribution in [0.25, 0.3) is 17.0 Å². The van der Waals surface area contributed by atoms with Gasteiger partial charge in [-0.2, -0.15) is 14.6 Å². The van der Waals surface area contributed by atoms with E-state index in [1.807, 2.05) is 19.9 Å². The van der Waals surface area contributed by atoms with Crippen LogP contribution in [0.4, 0.5) is 11.6 Å². The molecule has 0 bridgehead atoms. The highest BCUT2D eigenvalue weighted by molar-refractivity contribution is 5.76. The van der Waals surface area contributed by atoms with Gasteiger partial charge in [0.2, 0.25) is 5.95 Å². The van der Waals surface area contributed by atoms with Gasteiger partial charge in [0.15, 0.2) is 5.65 Å². The van der Waals surface area contributed by atoms with Crippen LogP contribution in [0.2, 0.25) is 0 Å². The number of nitrogens with zero attached hydrogens (tertiary/aromatic N) is 5. The molecule has 1 aromatic carbocycles. The highest BCUT2D eigenvalue weighted by atomic mass is 16.4. The fourth-order valence-corrected chi connectivity index (χ4v) is 4.48. The zero-order valence-corrected chi connectivity index (χ0v) is 19.1. The monoisotopic (exact) mass is 445 g/mol. The van der Waals surface area contributed by atoms with Crippen LogP contribution in [0.1, 0.15) is 56.5 Å². The molecule has 0 spiro atoms. The molecule has 9 heteroatoms. The van der Waals surface area contributed by atoms with Gasteiger partial charge in [-0.1, -0.05) is 13.0 Å². The molecule has 9 nitrogen and oxygen atoms in total. The third-order valence-electron chi connectivity index (χ3n) is 6.75. The minimum Gasteiger partial charge on any atom is -0.430 e. The van der Waals surface area contributed by atoms with Gasteiger partial charge in [-0.15, -0.1) is 0 Å². The van der Waals surface area contributed by atoms with Crippen molar-refractivity contribution in [2.45, 2.75) is 58.0 Å². The molecular formula is C24H27N7O2. The van der Waals surface area contributed by atoms with Crippen LogP contribution in [0, 0.1) is 0 Å². The fraction of sp³-hybridized carbons (Fsp3) is 0.417. The van der Waals surface area contributed by atoms with Gasteiger partial charge in [-0.05, 0) is 62.9 Å². The largest absolute Gasteiger partial charge is 0.430 e. The predicted octanol–water partition coefficient (Wildman–Crippen LogP) is 3.59. The number of hydrogen-bond acceptors (Lipinski definition) is 7. The molecule has 4 aromatic rings. The highest BCUT2D eigenvalue weighted by Gasteiger charge is 2.42. The smallest absolute Gasteiger partial charge is 0.323 e. The van der Waals surface area contributed by atoms with Crippen molar-refractivity contribution in [2.75, 3.05) is 11.9 Å². The molecule has 33 heavy (non-hydrogen) atoms. The first-order chi connectivity index (χ1) is 15.9. The van der Waals surface area contributed by atoms with Gasteiger partial charge in [0.25, 0.3) is 5.56 Å². The second kappa shape index (κ2) is 7.28. The lowest BCUT2D eigenvalue weighted by atomic mass is 10.0. The molecule has 0 radical (unpaired) electrons. The van der Waals surface area contributed by atoms with Crippen LogP contribution < -0.4 is 16.2 Å². The summed E-state index contributed by atoms with van der Waals surface area (Å²) < 4.78 is 9.16. The first-order valence-corrected chi connectivity index (χ1v) is 11.5. The average Bonchev–Trinajstić information content (AvgIpc) is 3.25. The Morgan fingerprint density at radius 2 is 2.06 bits per heavy atom. The van der Waals surface area contributed by atoms with E-state index in [1.165, 1.54) is 11.1 Å². The lowest BCUT2D eigenvalue weighted by Crippen LogP contribution is -2.24. The quantitative estimate of drug-likeness (QED) is 0.484. The maximum absolute atomic E-state index is 13.2. The van der Waals surface area contributed by atoms with E-state index in [9.17, 15) is 4.79 Å². The van der Waals surface area contributed by atoms with Gasteiger partial charge in [-0.3, -0.25) is 4.79 Å². The lowest BCUT2D eigenvalue weighted by Gasteiger charge is -2.18. The molecule has 1 fully saturated rings. The number of hydrogen-bond donors (Lipinski definition) is 2. The Hall–Kier alpha value is -3.46. The molecule has 1 aliphatic heterocycles. The molecule has 2 N–H and O–H groups in total. The first kappa shape index (κ1) is 20.2. The minimum atomic E-state index is -0.162. The third-order valence-corrected chi connectivity index (χ3v) is 6.75. The Bertz CT molecular complexity index is 1420. The van der Waals surface area contributed by atoms with Crippen molar-refractivity contribution in [3.05, 3.63) is 57.8 Å². The van der Waals surface area contributed by atoms with Crippen molar-refractivity contribution >= 4 is 22.7 Å². The Balaban J connectivity index is 1.44. The van der Waals surface area contributed by atoms with Crippen molar-refractivity contribution in [3.63, 3.8) is 0 Å². The van der Waals surface area contributed by atoms with Gasteiger partial charge < -0.3 is 15.1 Å². The molecule has 1 saturated carbocycles. The lowest BCUT2D eigenvalue weighted by molar-refractivity contribution is 0.417. The summed E-state index contributed by atoms with van der Waals surface area (Å²) in [4.78, 5) is 27.1. The van der Waals surface area contributed by atoms with Crippen LogP contribution in [-0.2, 0) is 18.4 Å². The van der Waals surface area contributed by atoms with Gasteiger partial charge >= 0.3 is 6.01 Å². The summed E-state index contributed by atoms with van der Waals surface area (Å²) in [5.41, 5.74) is 4.86. The second-order valence-corrected chi connectivity index (χ2v) is 9.60. The summed E-state index contributed by atoms with van der Waals surface area (Å²) in [6.07, 6.45) is 6.46. The van der Waals surface area contributed by atoms with Crippen LogP contribution in [0.3, 0.4) is 0 Å². The molecule has 0 saturated heterocycles. The van der Waals surface area contributed by atoms with E-state index in [0.29, 0.717) is 23.0 Å². The molecule has 4 heterocycles. The number of fused-ring (bicyclic) bond motifs is 2. The minimum absolute atomic E-state index is 0.0668. The van der Waals surface area contributed by atoms with E-state index < -0.39 is 0 Å². The van der Waals surface area contributed by atoms with E-state index in [4.69, 9.17) is 14.4 Å². The highest BCUT2D eigenvalue weighted by Crippen LogP contribution is 2.47. The standard InChI is InChI=1S/C24H27N7O2/c1-14(2)30-21(32)18-12-26-22(27-17-5-4-16-11-25-9-6-15(16)10-17)29-20(18)31(30)23-28-19(13-33-23)24(3)7-8-24/h4-5,10,12-14,25H,6-9,11H2,1-3H3,(H,26,27,29). The topological polar surface area (TPSA) is 103 Å². The number of benzene rings is 1. The number of nitrogens with one attached hydrogen (secondary N) is 2. The molecule has 3 aromatic heterocycles. The van der Waals surface area contributed by atoms with Gasteiger partial charge in [-0.25, -0.2) is 9.67 Å². The van der Waals surface area contributed by atoms with Crippen molar-refractivity contribution in [1.29, 1.82) is 0 Å². The summed E-state index contributed by atoms with van der Waals surface area (Å²) in [6, 6.07) is 6.55. The summed E-state index contributed by atoms with van der Waals surface area (Å²) in [5.74, 6) is 0.423. The third kappa shape index (κ3) is 3.34. The molecular weight excluding hydrogens is 418 g/mol. The summed E-state index contributed by atoms with van der Waals surface area (Å²) >= 11 is 0. The van der Waals surface area contributed by atoms with Crippen LogP contribution >= 0.6 is 0 Å². The Morgan fingerprint density at radius 1 is 1.21 bits per heavy atom. The zero-order valence-electron chi connectivity index (χ0n) is 19.1. The SMILES string of the molecule is CC(C)n1c(=O)c2cnc(Nc3ccc4c(c3)CCNC4)nc2n1-c1nc(C2(C)CC2)co1. The van der Waals surface area contributed by atoms with Gasteiger partial charge in [0, 0.05) is 29.9 Å². The van der Waals surface area contributed by atoms with Crippen LogP contribution in [0.15, 0.2) is 39.9 Å². The molecule has 6 rings (SSSR count). The van der Waals surface area contributed by atoms with E-state index in [0.717, 1.165) is 43.7 Å². The number of aromatic nitrogens is 5. The Labute approximate surface area is 190 Å². The van der Waals surface area contributed by atoms with Crippen molar-refractivity contribution in [1.82, 2.24) is 29.6 Å². The maximum atomic E-state index is 13.2. The summed E-state index contributed by atoms with van der Waals surface area (Å²) in [7, 11) is 0. The van der Waals surface area contributed by atoms with E-state index in [2.05, 4.69) is 34.7 Å². The van der Waals surface area contributed by atoms with Gasteiger partial charge in [0.1, 0.15) is 11.6 Å². The normalized spacial score (nSPS) is 16.8. The molecule has 0 atom stereocenters. The van der Waals surface area contributed by atoms with Crippen molar-refractivity contribution in [2.24, 2.45) is 0 Å². The fourth-order valence-electron chi connectivity index (χ4n) is 4.48. The number of oxazole rings is 1. The Morgan fingerprint density at radius 3 is 2.85 bits per heavy atom. The Kier molecular flexibility index (Phi) is 4.45. The van der Waals surface area contributed by atoms with Crippen molar-refractivity contribution in [3.8, 4) is 6.01 Å². The first-order valence-electron chi connectivity index (χ1n) is 11.5. The van der Waals surface area contributed by atoms with E-state index in [1.54, 1.807) is 21.8 Å². The van der Waals surface area contributed by atoms with E-state index in [-0.39, 0.29) is 17.0 Å². The maximum Gasteiger partial charge on any atom is 0.323 e. The van der Waals surface area contributed by atoms with Crippen LogP contribution in [0.5, 0.6) is 0 Å². The average molecular weight is 446 g/mol. The predicted molar refractivity (Wildman–Crippen MR) is 125 cm³/mol. The molecule has 170 valence electrons. The molecule has 2 aliphatic rings. The summed E-state index contributed by atoms with van der Waals surface area (Å²) in [5, 5.41) is 7.13. The number of rotatable bonds is 5. The molecule has 0 unspecified atom stereocenters. The van der Waals surface area contributed by atoms with Gasteiger partial charge in [0.05, 0.1) is 5.69 Å². The van der Waals surface area contributed by atoms with E-state index >= 15 is 0 Å². The van der Waals surface area contributed by atoms with Crippen LogP contribution in [-0.4, -0.2) is 30.9 Å². The zero-order chi connectivity index (χ0) is 22.7. The summed E-state index contributed by atoms with van der Waals surface area (Å²) in [6.45, 7) is 7.96.